The van der Waals surface area contributed by atoms with Gasteiger partial charge in [0, 0.05) is 87.6 Å². The van der Waals surface area contributed by atoms with E-state index in [4.69, 9.17) is 61.6 Å². The molecule has 8 rings (SSSR count). The molecule has 3 aromatic rings. The van der Waals surface area contributed by atoms with Crippen molar-refractivity contribution in [2.45, 2.75) is 148 Å². The van der Waals surface area contributed by atoms with E-state index in [9.17, 15) is 48.3 Å². The number of methoxy groups -OCH3 is 2. The quantitative estimate of drug-likeness (QED) is 0.0352. The number of nitrogens with one attached hydrogen (secondary N) is 2. The van der Waals surface area contributed by atoms with Gasteiger partial charge in [0.15, 0.2) is 29.2 Å². The summed E-state index contributed by atoms with van der Waals surface area (Å²) in [6, 6.07) is 11.0. The highest BCUT2D eigenvalue weighted by molar-refractivity contribution is 8.00. The molecule has 6 atom stereocenters. The van der Waals surface area contributed by atoms with Gasteiger partial charge in [-0.25, -0.2) is 9.69 Å². The lowest BCUT2D eigenvalue weighted by atomic mass is 9.89. The number of imide groups is 1. The van der Waals surface area contributed by atoms with E-state index in [1.807, 2.05) is 40.8 Å². The van der Waals surface area contributed by atoms with E-state index in [0.29, 0.717) is 172 Å². The zero-order valence-electron chi connectivity index (χ0n) is 64.6. The van der Waals surface area contributed by atoms with Crippen LogP contribution in [0.3, 0.4) is 0 Å². The first-order chi connectivity index (χ1) is 53.2. The number of aliphatic imine (C=N–C) groups is 1. The predicted octanol–water partition coefficient (Wildman–Crippen LogP) is 8.58. The number of carbonyl (C=O) groups excluding carboxylic acids is 9. The minimum Gasteiger partial charge on any atom is -0.493 e. The molecule has 5 heterocycles. The maximum atomic E-state index is 14.3. The van der Waals surface area contributed by atoms with Crippen molar-refractivity contribution in [3.05, 3.63) is 88.8 Å². The van der Waals surface area contributed by atoms with Crippen LogP contribution in [-0.2, 0) is 78.0 Å². The number of ketones is 2. The van der Waals surface area contributed by atoms with Crippen molar-refractivity contribution in [2.24, 2.45) is 16.8 Å². The molecule has 1 saturated heterocycles. The Morgan fingerprint density at radius 2 is 1.14 bits per heavy atom. The molecule has 5 aliphatic heterocycles. The molecule has 0 aromatic heterocycles. The number of likely N-dealkylation sites (tertiary alicyclic amines) is 1. The molecule has 31 heteroatoms. The minimum absolute atomic E-state index is 0.000171. The zero-order chi connectivity index (χ0) is 78.9. The average Bonchev–Trinajstić information content (AvgIpc) is 1.59. The number of Topliss-reactive ketones (excluding diaryl/α,β-unsaturated/α-hetero) is 2. The molecular formula is C79H109N7O23S. The summed E-state index contributed by atoms with van der Waals surface area (Å²) in [7, 11) is 2.97. The summed E-state index contributed by atoms with van der Waals surface area (Å²) in [6.45, 7) is 17.3. The number of aliphatic hydroxyl groups is 1. The number of anilines is 2. The number of nitrogens with zero attached hydrogens (tertiary/aromatic N) is 5. The second-order valence-corrected chi connectivity index (χ2v) is 28.9. The van der Waals surface area contributed by atoms with Crippen molar-refractivity contribution < 1.29 is 110 Å². The highest BCUT2D eigenvalue weighted by Crippen LogP contribution is 2.43. The first-order valence-corrected chi connectivity index (χ1v) is 38.9. The van der Waals surface area contributed by atoms with Crippen LogP contribution in [0, 0.1) is 11.8 Å². The summed E-state index contributed by atoms with van der Waals surface area (Å²) in [4.78, 5) is 129. The van der Waals surface area contributed by atoms with Gasteiger partial charge in [0.2, 0.25) is 23.6 Å². The molecule has 7 amide bonds. The van der Waals surface area contributed by atoms with Crippen LogP contribution in [0.5, 0.6) is 23.0 Å². The largest absolute Gasteiger partial charge is 0.493 e. The van der Waals surface area contributed by atoms with Gasteiger partial charge >= 0.3 is 6.09 Å². The lowest BCUT2D eigenvalue weighted by Gasteiger charge is -2.31. The normalized spacial score (nSPS) is 17.8. The number of thioether (sulfide) groups is 1. The van der Waals surface area contributed by atoms with Crippen LogP contribution in [-0.4, -0.2) is 254 Å². The van der Waals surface area contributed by atoms with E-state index in [1.54, 1.807) is 60.6 Å². The Bertz CT molecular complexity index is 3670. The number of hydrogen-bond acceptors (Lipinski definition) is 25. The smallest absolute Gasteiger partial charge is 0.416 e. The second kappa shape index (κ2) is 45.8. The molecule has 0 bridgehead atoms. The number of aliphatic hydroxyl groups excluding tert-OH is 1. The van der Waals surface area contributed by atoms with Crippen molar-refractivity contribution in [3.63, 3.8) is 0 Å². The van der Waals surface area contributed by atoms with E-state index < -0.39 is 48.0 Å². The Kier molecular flexibility index (Phi) is 36.3. The van der Waals surface area contributed by atoms with Crippen LogP contribution in [0.15, 0.2) is 77.1 Å². The maximum Gasteiger partial charge on any atom is 0.416 e. The highest BCUT2D eigenvalue weighted by atomic mass is 32.2. The first-order valence-electron chi connectivity index (χ1n) is 37.9. The van der Waals surface area contributed by atoms with Crippen molar-refractivity contribution in [3.8, 4) is 23.0 Å². The van der Waals surface area contributed by atoms with Gasteiger partial charge in [0.25, 0.3) is 11.8 Å². The van der Waals surface area contributed by atoms with E-state index in [-0.39, 0.29) is 128 Å². The Hall–Kier alpha value is -8.37. The van der Waals surface area contributed by atoms with Gasteiger partial charge in [-0.2, -0.15) is 0 Å². The number of ether oxygens (including phenoxy) is 13. The molecule has 30 nitrogen and oxygen atoms in total. The van der Waals surface area contributed by atoms with Crippen LogP contribution < -0.4 is 34.5 Å². The number of hydrogen-bond donors (Lipinski definition) is 3. The van der Waals surface area contributed by atoms with Crippen LogP contribution in [0.25, 0.3) is 0 Å². The number of carbonyl (C=O) groups is 9. The van der Waals surface area contributed by atoms with Gasteiger partial charge < -0.3 is 87.1 Å². The molecule has 5 aliphatic rings. The molecule has 0 spiro atoms. The molecule has 3 aromatic carbocycles. The summed E-state index contributed by atoms with van der Waals surface area (Å²) in [5, 5.41) is 17.2. The van der Waals surface area contributed by atoms with Crippen molar-refractivity contribution in [2.75, 3.05) is 156 Å². The van der Waals surface area contributed by atoms with Gasteiger partial charge in [-0.1, -0.05) is 44.1 Å². The molecule has 1 unspecified atom stereocenters. The Morgan fingerprint density at radius 3 is 1.72 bits per heavy atom. The van der Waals surface area contributed by atoms with Gasteiger partial charge in [-0.05, 0) is 101 Å². The summed E-state index contributed by atoms with van der Waals surface area (Å²) in [5.74, 6) is -0.865. The van der Waals surface area contributed by atoms with E-state index in [2.05, 4.69) is 15.6 Å². The minimum atomic E-state index is -1.52. The fraction of sp³-hybridized carbons (Fsp3) is 0.595. The molecule has 110 heavy (non-hydrogen) atoms. The molecule has 1 fully saturated rings. The zero-order valence-corrected chi connectivity index (χ0v) is 65.4. The fourth-order valence-electron chi connectivity index (χ4n) is 12.7. The van der Waals surface area contributed by atoms with Gasteiger partial charge in [-0.3, -0.25) is 48.2 Å². The summed E-state index contributed by atoms with van der Waals surface area (Å²) in [6.07, 6.45) is 7.14. The van der Waals surface area contributed by atoms with Crippen LogP contribution in [0.2, 0.25) is 0 Å². The maximum absolute atomic E-state index is 14.3. The Morgan fingerprint density at radius 1 is 0.591 bits per heavy atom. The Balaban J connectivity index is 0.638. The van der Waals surface area contributed by atoms with Gasteiger partial charge in [-0.15, -0.1) is 11.8 Å². The van der Waals surface area contributed by atoms with E-state index >= 15 is 0 Å². The van der Waals surface area contributed by atoms with Crippen LogP contribution >= 0.6 is 11.8 Å². The summed E-state index contributed by atoms with van der Waals surface area (Å²) in [5.41, 5.74) is 3.96. The third-order valence-electron chi connectivity index (χ3n) is 18.7. The van der Waals surface area contributed by atoms with E-state index in [1.165, 1.54) is 47.9 Å². The van der Waals surface area contributed by atoms with Gasteiger partial charge in [0.1, 0.15) is 24.2 Å². The third-order valence-corrected chi connectivity index (χ3v) is 19.8. The lowest BCUT2D eigenvalue weighted by Crippen LogP contribution is -2.50. The summed E-state index contributed by atoms with van der Waals surface area (Å²) >= 11 is 1.46. The number of fused-ring (bicyclic) bond motifs is 4. The topological polar surface area (TPSA) is 343 Å². The third kappa shape index (κ3) is 26.4. The van der Waals surface area contributed by atoms with Crippen LogP contribution in [0.1, 0.15) is 138 Å². The molecule has 0 aliphatic carbocycles. The number of unbranched alkanes of at least 4 members (excludes halogenated alkanes) is 2. The molecular weight excluding hydrogens is 1450 g/mol. The number of rotatable bonds is 52. The predicted molar refractivity (Wildman–Crippen MR) is 408 cm³/mol. The van der Waals surface area contributed by atoms with Crippen molar-refractivity contribution in [1.82, 2.24) is 20.0 Å². The standard InChI is InChI=1S/C79H109N7O23S/c1-9-110-71-47-72(89)83(78(71)95)21-19-59(87)14-13-22-99-26-28-101-30-32-103-34-36-105-38-39-106-37-35-104-33-31-102-29-27-100-25-20-60(88)42-61(52(2)3)74(91)81-55(6)73(90)82-57-17-15-56(16-18-57)51-109-79(96)86-65-46-70(68(98-8)44-63(65)76(93)85-50-54(5)41-66(85)77(86)94)108-24-12-10-11-23-107-69-45-64-62(43-67(69)97-7)75(92)84-49-53(4)40-58(84)48-80-64/h15-18,43-46,48-50,52,55,58,61,66,71,77,94H,9-14,19-42,47,51H2,1-8H3,(H,81,91)(H,82,90)/t55-,58-,61-,66-,71?,77-/m0/s1. The second-order valence-electron chi connectivity index (χ2n) is 27.4. The van der Waals surface area contributed by atoms with Crippen LogP contribution in [0.4, 0.5) is 21.9 Å². The first kappa shape index (κ1) is 87.2. The SMILES string of the molecule is CCSC1CC(=O)N(CCC(=O)CCCOCCOCCOCCOCCOCCOCCOCCOCCC(=O)C[C@H](C(=O)N[C@@H](C)C(=O)Nc2ccc(COC(=O)N3c4cc(OCCCCCOc5cc6c(cc5OC)C(=O)N5C=C(C)C[C@H]5C=N6)c(OC)cc4C(=O)N4C=C(C)C[C@H]4[C@@H]3O)cc2)C(C)C)C1=O. The average molecular weight is 1560 g/mol. The monoisotopic (exact) mass is 1560 g/mol. The summed E-state index contributed by atoms with van der Waals surface area (Å²) < 4.78 is 73.9. The number of amides is 7. The van der Waals surface area contributed by atoms with Gasteiger partial charge in [0.05, 0.1) is 166 Å². The highest BCUT2D eigenvalue weighted by Gasteiger charge is 2.46. The van der Waals surface area contributed by atoms with Crippen molar-refractivity contribution >= 4 is 88.1 Å². The molecule has 0 radical (unpaired) electrons. The molecule has 604 valence electrons. The fourth-order valence-corrected chi connectivity index (χ4v) is 13.6. The van der Waals surface area contributed by atoms with Crippen molar-refractivity contribution in [1.29, 1.82) is 0 Å². The molecule has 3 N–H and O–H groups in total. The van der Waals surface area contributed by atoms with E-state index in [0.717, 1.165) is 28.2 Å². The molecule has 0 saturated carbocycles. The Labute approximate surface area is 647 Å². The lowest BCUT2D eigenvalue weighted by molar-refractivity contribution is -0.138. The number of benzene rings is 3.